The van der Waals surface area contributed by atoms with Crippen LogP contribution in [0.1, 0.15) is 35.6 Å². The van der Waals surface area contributed by atoms with Crippen molar-refractivity contribution < 1.29 is 5.11 Å². The molecular formula is C24H27BN6O. The van der Waals surface area contributed by atoms with Gasteiger partial charge in [0.1, 0.15) is 19.4 Å². The van der Waals surface area contributed by atoms with Crippen molar-refractivity contribution >= 4 is 24.8 Å². The van der Waals surface area contributed by atoms with Crippen LogP contribution in [0.4, 0.5) is 5.82 Å². The summed E-state index contributed by atoms with van der Waals surface area (Å²) in [6.07, 6.45) is 7.81. The third-order valence-electron chi connectivity index (χ3n) is 6.13. The lowest BCUT2D eigenvalue weighted by atomic mass is 9.93. The lowest BCUT2D eigenvalue weighted by Gasteiger charge is -2.32. The zero-order chi connectivity index (χ0) is 21.9. The maximum absolute atomic E-state index is 9.55. The molecule has 0 radical (unpaired) electrons. The van der Waals surface area contributed by atoms with Gasteiger partial charge >= 0.3 is 0 Å². The van der Waals surface area contributed by atoms with Gasteiger partial charge in [0.2, 0.25) is 0 Å². The van der Waals surface area contributed by atoms with Crippen LogP contribution in [0.3, 0.4) is 0 Å². The summed E-state index contributed by atoms with van der Waals surface area (Å²) in [5, 5.41) is 17.6. The molecule has 4 aromatic rings. The molecule has 5 rings (SSSR count). The lowest BCUT2D eigenvalue weighted by Crippen LogP contribution is -2.34. The van der Waals surface area contributed by atoms with Crippen molar-refractivity contribution in [3.63, 3.8) is 0 Å². The Hall–Kier alpha value is -3.39. The number of rotatable bonds is 6. The van der Waals surface area contributed by atoms with E-state index in [9.17, 15) is 5.11 Å². The predicted octanol–water partition coefficient (Wildman–Crippen LogP) is 2.08. The van der Waals surface area contributed by atoms with Gasteiger partial charge in [-0.3, -0.25) is 9.88 Å². The Balaban J connectivity index is 1.37. The molecule has 0 bridgehead atoms. The minimum atomic E-state index is 0.310. The van der Waals surface area contributed by atoms with E-state index in [0.29, 0.717) is 18.2 Å². The van der Waals surface area contributed by atoms with E-state index in [2.05, 4.69) is 40.3 Å². The first kappa shape index (κ1) is 20.5. The average Bonchev–Trinajstić information content (AvgIpc) is 3.21. The number of likely N-dealkylation sites (tertiary alicyclic amines) is 1. The predicted molar refractivity (Wildman–Crippen MR) is 128 cm³/mol. The second-order valence-electron chi connectivity index (χ2n) is 8.58. The van der Waals surface area contributed by atoms with E-state index in [1.165, 1.54) is 5.56 Å². The van der Waals surface area contributed by atoms with Gasteiger partial charge in [0.05, 0.1) is 5.69 Å². The first-order valence-electron chi connectivity index (χ1n) is 11.1. The van der Waals surface area contributed by atoms with Gasteiger partial charge in [0.15, 0.2) is 5.65 Å². The Labute approximate surface area is 188 Å². The summed E-state index contributed by atoms with van der Waals surface area (Å²) < 4.78 is 1.90. The second-order valence-corrected chi connectivity index (χ2v) is 8.58. The fraction of sp³-hybridized carbons (Fsp3) is 0.292. The molecule has 2 N–H and O–H groups in total. The molecule has 0 saturated carbocycles. The molecule has 1 atom stereocenters. The third-order valence-corrected chi connectivity index (χ3v) is 6.13. The van der Waals surface area contributed by atoms with E-state index < -0.39 is 0 Å². The van der Waals surface area contributed by atoms with Crippen molar-refractivity contribution in [2.24, 2.45) is 0 Å². The normalized spacial score (nSPS) is 16.9. The molecule has 0 amide bonds. The number of piperidine rings is 1. The molecule has 1 aliphatic heterocycles. The summed E-state index contributed by atoms with van der Waals surface area (Å²) in [6, 6.07) is 13.7. The van der Waals surface area contributed by atoms with Crippen LogP contribution in [0.2, 0.25) is 0 Å². The number of hydrogen-bond donors (Lipinski definition) is 2. The van der Waals surface area contributed by atoms with Crippen molar-refractivity contribution in [2.45, 2.75) is 31.8 Å². The summed E-state index contributed by atoms with van der Waals surface area (Å²) in [5.74, 6) is 1.64. The first-order chi connectivity index (χ1) is 15.7. The fourth-order valence-corrected chi connectivity index (χ4v) is 4.42. The number of pyridine rings is 1. The molecule has 0 aliphatic carbocycles. The van der Waals surface area contributed by atoms with E-state index in [4.69, 9.17) is 4.98 Å². The number of fused-ring (bicyclic) bond motifs is 1. The van der Waals surface area contributed by atoms with Crippen LogP contribution >= 0.6 is 0 Å². The summed E-state index contributed by atoms with van der Waals surface area (Å²) in [7, 11) is 2.06. The zero-order valence-electron chi connectivity index (χ0n) is 18.3. The van der Waals surface area contributed by atoms with E-state index in [1.807, 2.05) is 35.1 Å². The molecule has 3 aromatic heterocycles. The fourth-order valence-electron chi connectivity index (χ4n) is 4.42. The maximum atomic E-state index is 9.55. The van der Waals surface area contributed by atoms with Crippen molar-refractivity contribution in [2.75, 3.05) is 18.4 Å². The number of nitrogens with one attached hydrogen (secondary N) is 1. The monoisotopic (exact) mass is 426 g/mol. The molecule has 1 unspecified atom stereocenters. The smallest absolute Gasteiger partial charge is 0.151 e. The highest BCUT2D eigenvalue weighted by Crippen LogP contribution is 2.29. The molecule has 8 heteroatoms. The van der Waals surface area contributed by atoms with Crippen molar-refractivity contribution in [3.8, 4) is 5.75 Å². The van der Waals surface area contributed by atoms with Crippen LogP contribution in [-0.2, 0) is 13.1 Å². The van der Waals surface area contributed by atoms with Gasteiger partial charge in [-0.05, 0) is 54.2 Å². The van der Waals surface area contributed by atoms with E-state index in [1.54, 1.807) is 18.3 Å². The first-order valence-corrected chi connectivity index (χ1v) is 11.1. The number of benzene rings is 1. The average molecular weight is 426 g/mol. The lowest BCUT2D eigenvalue weighted by molar-refractivity contribution is 0.198. The van der Waals surface area contributed by atoms with E-state index in [0.717, 1.165) is 60.7 Å². The largest absolute Gasteiger partial charge is 0.508 e. The van der Waals surface area contributed by atoms with Gasteiger partial charge in [-0.2, -0.15) is 9.61 Å². The molecule has 162 valence electrons. The Morgan fingerprint density at radius 1 is 1.12 bits per heavy atom. The standard InChI is InChI=1S/C24H27BN6O/c25-21-14-28-31-23(27-13-18-3-1-9-26-12-18)11-22(29-24(21)31)19-4-2-10-30(16-19)15-17-5-7-20(32)8-6-17/h1,3,5-9,11-12,14,19,27,32H,2,4,10,13,15-16,25H2. The number of hydrogen-bond acceptors (Lipinski definition) is 6. The molecule has 1 fully saturated rings. The molecular weight excluding hydrogens is 399 g/mol. The highest BCUT2D eigenvalue weighted by Gasteiger charge is 2.24. The number of anilines is 1. The van der Waals surface area contributed by atoms with Gasteiger partial charge < -0.3 is 10.4 Å². The van der Waals surface area contributed by atoms with Crippen molar-refractivity contribution in [1.29, 1.82) is 0 Å². The summed E-state index contributed by atoms with van der Waals surface area (Å²) >= 11 is 0. The van der Waals surface area contributed by atoms with Crippen molar-refractivity contribution in [3.05, 3.63) is 77.9 Å². The minimum absolute atomic E-state index is 0.310. The highest BCUT2D eigenvalue weighted by molar-refractivity contribution is 6.36. The number of aromatic nitrogens is 4. The molecule has 32 heavy (non-hydrogen) atoms. The topological polar surface area (TPSA) is 78.6 Å². The Kier molecular flexibility index (Phi) is 5.77. The van der Waals surface area contributed by atoms with Crippen LogP contribution < -0.4 is 10.8 Å². The number of nitrogens with zero attached hydrogens (tertiary/aromatic N) is 5. The number of phenolic OH excluding ortho intramolecular Hbond substituents is 1. The Morgan fingerprint density at radius 2 is 2.00 bits per heavy atom. The van der Waals surface area contributed by atoms with E-state index >= 15 is 0 Å². The number of phenols is 1. The van der Waals surface area contributed by atoms with E-state index in [-0.39, 0.29) is 0 Å². The molecule has 0 spiro atoms. The molecule has 7 nitrogen and oxygen atoms in total. The van der Waals surface area contributed by atoms with Gasteiger partial charge in [-0.25, -0.2) is 4.98 Å². The number of aromatic hydroxyl groups is 1. The third kappa shape index (κ3) is 4.45. The molecule has 1 saturated heterocycles. The second kappa shape index (κ2) is 9.00. The van der Waals surface area contributed by atoms with Gasteiger partial charge in [0, 0.05) is 50.2 Å². The Bertz CT molecular complexity index is 1190. The summed E-state index contributed by atoms with van der Waals surface area (Å²) in [6.45, 7) is 3.62. The Morgan fingerprint density at radius 3 is 2.81 bits per heavy atom. The van der Waals surface area contributed by atoms with Gasteiger partial charge in [-0.1, -0.05) is 18.2 Å². The van der Waals surface area contributed by atoms with Crippen LogP contribution in [0.25, 0.3) is 5.65 Å². The van der Waals surface area contributed by atoms with Crippen molar-refractivity contribution in [1.82, 2.24) is 24.5 Å². The minimum Gasteiger partial charge on any atom is -0.508 e. The van der Waals surface area contributed by atoms with Crippen LogP contribution in [0, 0.1) is 0 Å². The SMILES string of the molecule is Bc1cnn2c(NCc3cccnc3)cc(C3CCCN(Cc4ccc(O)cc4)C3)nc12. The van der Waals surface area contributed by atoms with Crippen LogP contribution in [0.5, 0.6) is 5.75 Å². The van der Waals surface area contributed by atoms with Crippen LogP contribution in [-0.4, -0.2) is 50.5 Å². The highest BCUT2D eigenvalue weighted by atomic mass is 16.3. The molecule has 4 heterocycles. The van der Waals surface area contributed by atoms with Gasteiger partial charge in [0.25, 0.3) is 0 Å². The molecule has 1 aliphatic rings. The zero-order valence-corrected chi connectivity index (χ0v) is 18.3. The van der Waals surface area contributed by atoms with Gasteiger partial charge in [-0.15, -0.1) is 0 Å². The molecule has 1 aromatic carbocycles. The summed E-state index contributed by atoms with van der Waals surface area (Å²) in [4.78, 5) is 11.7. The maximum Gasteiger partial charge on any atom is 0.151 e. The summed E-state index contributed by atoms with van der Waals surface area (Å²) in [5.41, 5.74) is 5.45. The van der Waals surface area contributed by atoms with Crippen LogP contribution in [0.15, 0.2) is 61.1 Å². The quantitative estimate of drug-likeness (QED) is 0.460.